The van der Waals surface area contributed by atoms with Gasteiger partial charge in [0.2, 0.25) is 5.91 Å². The highest BCUT2D eigenvalue weighted by Crippen LogP contribution is 2.39. The van der Waals surface area contributed by atoms with Gasteiger partial charge in [0, 0.05) is 12.8 Å². The summed E-state index contributed by atoms with van der Waals surface area (Å²) in [5, 5.41) is 2.78. The van der Waals surface area contributed by atoms with E-state index in [-0.39, 0.29) is 18.4 Å². The summed E-state index contributed by atoms with van der Waals surface area (Å²) in [5.74, 6) is -1.26. The van der Waals surface area contributed by atoms with Gasteiger partial charge in [-0.3, -0.25) is 4.79 Å². The van der Waals surface area contributed by atoms with E-state index >= 15 is 0 Å². The van der Waals surface area contributed by atoms with E-state index in [1.165, 1.54) is 7.11 Å². The summed E-state index contributed by atoms with van der Waals surface area (Å²) >= 11 is 0. The summed E-state index contributed by atoms with van der Waals surface area (Å²) in [4.78, 5) is 24.5. The smallest absolute Gasteiger partial charge is 0.328 e. The number of carbonyl (C=O) groups is 2. The van der Waals surface area contributed by atoms with Crippen molar-refractivity contribution >= 4 is 11.9 Å². The zero-order valence-corrected chi connectivity index (χ0v) is 15.6. The highest BCUT2D eigenvalue weighted by Gasteiger charge is 2.43. The van der Waals surface area contributed by atoms with Crippen molar-refractivity contribution in [2.75, 3.05) is 26.9 Å². The molecular weight excluding hydrogens is 350 g/mol. The van der Waals surface area contributed by atoms with Crippen molar-refractivity contribution in [2.24, 2.45) is 5.92 Å². The van der Waals surface area contributed by atoms with Crippen LogP contribution in [0.2, 0.25) is 0 Å². The lowest BCUT2D eigenvalue weighted by Gasteiger charge is -2.37. The topological polar surface area (TPSA) is 83.1 Å². The van der Waals surface area contributed by atoms with Crippen molar-refractivity contribution in [2.45, 2.75) is 44.1 Å². The van der Waals surface area contributed by atoms with E-state index in [4.69, 9.17) is 18.9 Å². The molecule has 148 valence electrons. The van der Waals surface area contributed by atoms with E-state index in [1.54, 1.807) is 0 Å². The molecule has 1 aliphatic carbocycles. The molecule has 1 heterocycles. The van der Waals surface area contributed by atoms with Gasteiger partial charge in [0.1, 0.15) is 12.6 Å². The molecule has 1 N–H and O–H groups in total. The summed E-state index contributed by atoms with van der Waals surface area (Å²) < 4.78 is 21.8. The van der Waals surface area contributed by atoms with Crippen molar-refractivity contribution in [3.8, 4) is 0 Å². The number of benzene rings is 1. The molecule has 1 aromatic rings. The zero-order chi connectivity index (χ0) is 19.1. The lowest BCUT2D eigenvalue weighted by atomic mass is 9.80. The van der Waals surface area contributed by atoms with E-state index in [2.05, 4.69) is 5.32 Å². The first-order valence-corrected chi connectivity index (χ1v) is 9.39. The zero-order valence-electron chi connectivity index (χ0n) is 15.6. The average Bonchev–Trinajstić information content (AvgIpc) is 3.15. The van der Waals surface area contributed by atoms with Crippen molar-refractivity contribution < 1.29 is 28.5 Å². The van der Waals surface area contributed by atoms with Crippen LogP contribution in [0.15, 0.2) is 30.3 Å². The Morgan fingerprint density at radius 3 is 2.48 bits per heavy atom. The molecule has 1 saturated carbocycles. The van der Waals surface area contributed by atoms with E-state index in [0.717, 1.165) is 18.4 Å². The first-order valence-electron chi connectivity index (χ1n) is 9.39. The minimum atomic E-state index is -0.679. The number of ether oxygens (including phenoxy) is 4. The van der Waals surface area contributed by atoms with Gasteiger partial charge in [0.15, 0.2) is 5.79 Å². The van der Waals surface area contributed by atoms with Crippen molar-refractivity contribution in [1.29, 1.82) is 0 Å². The average molecular weight is 377 g/mol. The van der Waals surface area contributed by atoms with Gasteiger partial charge in [-0.1, -0.05) is 30.3 Å². The summed E-state index contributed by atoms with van der Waals surface area (Å²) in [6.45, 7) is 1.46. The predicted octanol–water partition coefficient (Wildman–Crippen LogP) is 1.79. The fraction of sp³-hybridized carbons (Fsp3) is 0.600. The van der Waals surface area contributed by atoms with E-state index in [0.29, 0.717) is 32.7 Å². The van der Waals surface area contributed by atoms with E-state index < -0.39 is 17.8 Å². The Morgan fingerprint density at radius 2 is 1.85 bits per heavy atom. The fourth-order valence-corrected chi connectivity index (χ4v) is 3.75. The minimum absolute atomic E-state index is 0.00560. The molecule has 0 aromatic heterocycles. The fourth-order valence-electron chi connectivity index (χ4n) is 3.75. The van der Waals surface area contributed by atoms with Gasteiger partial charge in [-0.2, -0.15) is 0 Å². The van der Waals surface area contributed by atoms with Crippen LogP contribution in [0.1, 0.15) is 31.2 Å². The van der Waals surface area contributed by atoms with Crippen molar-refractivity contribution in [3.63, 3.8) is 0 Å². The molecule has 0 unspecified atom stereocenters. The van der Waals surface area contributed by atoms with Crippen LogP contribution >= 0.6 is 0 Å². The second-order valence-corrected chi connectivity index (χ2v) is 6.99. The maximum absolute atomic E-state index is 12.3. The molecule has 1 atom stereocenters. The summed E-state index contributed by atoms with van der Waals surface area (Å²) in [6, 6.07) is 8.94. The lowest BCUT2D eigenvalue weighted by molar-refractivity contribution is -0.185. The highest BCUT2D eigenvalue weighted by atomic mass is 16.7. The monoisotopic (exact) mass is 377 g/mol. The molecule has 1 amide bonds. The third-order valence-corrected chi connectivity index (χ3v) is 5.19. The van der Waals surface area contributed by atoms with Gasteiger partial charge in [0.05, 0.1) is 26.9 Å². The first-order chi connectivity index (χ1) is 13.1. The Hall–Kier alpha value is -1.96. The van der Waals surface area contributed by atoms with E-state index in [1.807, 2.05) is 30.3 Å². The van der Waals surface area contributed by atoms with Gasteiger partial charge < -0.3 is 24.3 Å². The second kappa shape index (κ2) is 9.30. The molecule has 1 spiro atoms. The number of hydrogen-bond donors (Lipinski definition) is 1. The number of rotatable bonds is 7. The molecule has 0 bridgehead atoms. The maximum Gasteiger partial charge on any atom is 0.328 e. The van der Waals surface area contributed by atoms with Gasteiger partial charge in [-0.15, -0.1) is 0 Å². The maximum atomic E-state index is 12.3. The van der Waals surface area contributed by atoms with Gasteiger partial charge in [-0.05, 0) is 24.3 Å². The number of esters is 1. The minimum Gasteiger partial charge on any atom is -0.467 e. The summed E-state index contributed by atoms with van der Waals surface area (Å²) in [5.41, 5.74) is 0.990. The molecule has 2 aliphatic rings. The number of methoxy groups -OCH3 is 1. The third-order valence-electron chi connectivity index (χ3n) is 5.19. The Kier molecular flexibility index (Phi) is 6.82. The lowest BCUT2D eigenvalue weighted by Crippen LogP contribution is -2.50. The van der Waals surface area contributed by atoms with Crippen molar-refractivity contribution in [3.05, 3.63) is 35.9 Å². The second-order valence-electron chi connectivity index (χ2n) is 6.99. The van der Waals surface area contributed by atoms with Crippen LogP contribution in [0.3, 0.4) is 0 Å². The number of hydrogen-bond acceptors (Lipinski definition) is 6. The Bertz CT molecular complexity index is 619. The Balaban J connectivity index is 1.49. The highest BCUT2D eigenvalue weighted by molar-refractivity contribution is 5.85. The molecule has 27 heavy (non-hydrogen) atoms. The van der Waals surface area contributed by atoms with Crippen LogP contribution in [-0.4, -0.2) is 50.6 Å². The SMILES string of the molecule is COC(=O)[C@@H](NC(=O)COCc1ccccc1)C1CCC2(CC1)OCCO2. The number of nitrogens with one attached hydrogen (secondary N) is 1. The molecular formula is C20H27NO6. The largest absolute Gasteiger partial charge is 0.467 e. The molecule has 3 rings (SSSR count). The summed E-state index contributed by atoms with van der Waals surface area (Å²) in [7, 11) is 1.33. The number of amides is 1. The van der Waals surface area contributed by atoms with Gasteiger partial charge in [-0.25, -0.2) is 4.79 Å². The van der Waals surface area contributed by atoms with Crippen LogP contribution in [0, 0.1) is 5.92 Å². The number of carbonyl (C=O) groups excluding carboxylic acids is 2. The molecule has 2 fully saturated rings. The van der Waals surface area contributed by atoms with Crippen LogP contribution in [-0.2, 0) is 35.1 Å². The van der Waals surface area contributed by atoms with Crippen LogP contribution < -0.4 is 5.32 Å². The van der Waals surface area contributed by atoms with Gasteiger partial charge in [0.25, 0.3) is 0 Å². The van der Waals surface area contributed by atoms with Crippen LogP contribution in [0.5, 0.6) is 0 Å². The normalized spacial score (nSPS) is 20.3. The van der Waals surface area contributed by atoms with E-state index in [9.17, 15) is 9.59 Å². The Labute approximate surface area is 159 Å². The molecule has 7 nitrogen and oxygen atoms in total. The molecule has 7 heteroatoms. The Morgan fingerprint density at radius 1 is 1.19 bits per heavy atom. The quantitative estimate of drug-likeness (QED) is 0.730. The molecule has 1 aromatic carbocycles. The predicted molar refractivity (Wildman–Crippen MR) is 96.6 cm³/mol. The third kappa shape index (κ3) is 5.28. The molecule has 0 radical (unpaired) electrons. The summed E-state index contributed by atoms with van der Waals surface area (Å²) in [6.07, 6.45) is 2.88. The van der Waals surface area contributed by atoms with Crippen LogP contribution in [0.4, 0.5) is 0 Å². The molecule has 1 aliphatic heterocycles. The van der Waals surface area contributed by atoms with Crippen LogP contribution in [0.25, 0.3) is 0 Å². The van der Waals surface area contributed by atoms with Crippen molar-refractivity contribution in [1.82, 2.24) is 5.32 Å². The first kappa shape index (κ1) is 19.8. The standard InChI is InChI=1S/C20H27NO6/c1-24-19(23)18(16-7-9-20(10-8-16)26-11-12-27-20)21-17(22)14-25-13-15-5-3-2-4-6-15/h2-6,16,18H,7-14H2,1H3,(H,21,22)/t18-/m0/s1. The van der Waals surface area contributed by atoms with Gasteiger partial charge >= 0.3 is 5.97 Å². The molecule has 1 saturated heterocycles.